The average molecular weight is 1280 g/mol. The summed E-state index contributed by atoms with van der Waals surface area (Å²) < 4.78 is 3.05. The third-order valence-corrected chi connectivity index (χ3v) is 18.6. The number of benzene rings is 3. The molecule has 6 amide bonds. The molecular weight excluding hydrogens is 1220 g/mol. The molecule has 3 fully saturated rings. The number of hydrogen-bond acceptors (Lipinski definition) is 19. The van der Waals surface area contributed by atoms with E-state index in [1.807, 2.05) is 18.2 Å². The summed E-state index contributed by atoms with van der Waals surface area (Å²) in [7, 11) is 0. The van der Waals surface area contributed by atoms with E-state index in [0.29, 0.717) is 68.1 Å². The number of nitrogens with one attached hydrogen (secondary N) is 3. The number of nitrogens with zero attached hydrogens (tertiary/aromatic N) is 7. The van der Waals surface area contributed by atoms with Gasteiger partial charge in [-0.05, 0) is 53.1 Å². The highest BCUT2D eigenvalue weighted by atomic mass is 32.2. The fourth-order valence-electron chi connectivity index (χ4n) is 8.95. The predicted molar refractivity (Wildman–Crippen MR) is 339 cm³/mol. The molecule has 0 bridgehead atoms. The normalized spacial score (nSPS) is 14.2. The highest BCUT2D eigenvalue weighted by Crippen LogP contribution is 2.22. The molecule has 0 spiro atoms. The van der Waals surface area contributed by atoms with Crippen LogP contribution in [0.15, 0.2) is 142 Å². The average Bonchev–Trinajstić information content (AvgIpc) is 2.41. The van der Waals surface area contributed by atoms with Gasteiger partial charge in [-0.2, -0.15) is 0 Å². The van der Waals surface area contributed by atoms with Crippen LogP contribution in [0.5, 0.6) is 0 Å². The fraction of sp³-hybridized carbons (Fsp3) is 0.293. The summed E-state index contributed by atoms with van der Waals surface area (Å²) in [6.07, 6.45) is 0. The Balaban J connectivity index is 0.940. The van der Waals surface area contributed by atoms with Gasteiger partial charge in [0.05, 0.1) is 5.88 Å². The molecule has 9 rings (SSSR count). The van der Waals surface area contributed by atoms with Crippen LogP contribution < -0.4 is 47.1 Å². The second kappa shape index (κ2) is 30.6. The summed E-state index contributed by atoms with van der Waals surface area (Å²) in [5.74, 6) is -1.68. The van der Waals surface area contributed by atoms with Crippen LogP contribution in [-0.2, 0) is 19.8 Å². The Bertz CT molecular complexity index is 3520. The van der Waals surface area contributed by atoms with Crippen molar-refractivity contribution in [3.63, 3.8) is 0 Å². The van der Waals surface area contributed by atoms with Gasteiger partial charge in [0.25, 0.3) is 52.1 Å². The molecule has 3 N–H and O–H groups in total. The number of carbonyl (C=O) groups is 6. The van der Waals surface area contributed by atoms with Crippen LogP contribution >= 0.6 is 71.5 Å². The van der Waals surface area contributed by atoms with Gasteiger partial charge in [0, 0.05) is 81.2 Å². The first-order valence-electron chi connectivity index (χ1n) is 27.1. The largest absolute Gasteiger partial charge is 0.405 e. The molecule has 0 radical (unpaired) electrons. The van der Waals surface area contributed by atoms with Crippen molar-refractivity contribution in [3.8, 4) is 0 Å². The zero-order chi connectivity index (χ0) is 60.5. The number of thiocarbonyl (C=S) groups is 2. The number of amides is 6. The molecule has 0 unspecified atom stereocenters. The van der Waals surface area contributed by atoms with Gasteiger partial charge in [-0.15, -0.1) is 37.7 Å². The third kappa shape index (κ3) is 15.8. The summed E-state index contributed by atoms with van der Waals surface area (Å²) in [4.78, 5) is 150. The number of aromatic nitrogens is 3. The van der Waals surface area contributed by atoms with E-state index in [4.69, 9.17) is 38.9 Å². The summed E-state index contributed by atoms with van der Waals surface area (Å²) in [6, 6.07) is 34.7. The maximum atomic E-state index is 14.2. The molecule has 3 aromatic heterocycles. The molecule has 3 saturated heterocycles. The quantitative estimate of drug-likeness (QED) is 0.0731. The van der Waals surface area contributed by atoms with Gasteiger partial charge in [-0.25, -0.2) is 0 Å². The molecule has 3 aliphatic heterocycles. The molecule has 448 valence electrons. The van der Waals surface area contributed by atoms with Crippen LogP contribution in [0.2, 0.25) is 0 Å². The van der Waals surface area contributed by atoms with Crippen LogP contribution in [-0.4, -0.2) is 165 Å². The molecule has 0 saturated carbocycles. The van der Waals surface area contributed by atoms with E-state index >= 15 is 0 Å². The van der Waals surface area contributed by atoms with Crippen molar-refractivity contribution in [1.82, 2.24) is 49.7 Å². The zero-order valence-electron chi connectivity index (χ0n) is 46.1. The highest BCUT2D eigenvalue weighted by molar-refractivity contribution is 8.23. The number of pyridine rings is 3. The topological polar surface area (TPSA) is 245 Å². The smallest absolute Gasteiger partial charge is 0.296 e. The lowest BCUT2D eigenvalue weighted by Gasteiger charge is -2.24. The predicted octanol–water partition coefficient (Wildman–Crippen LogP) is 3.73. The molecule has 0 aliphatic carbocycles. The standard InChI is InChI=1S/C58H58N10O12S6/c69-48(45-19-16-42(51(72)63-28-31-83-38-84-37-63)54(75)66(45)78-34-39-10-4-1-5-11-39)59-22-25-62(26-23-60-49(70)46-20-17-43(52(73)64-29-32-85-57(64)81)55(76)67(46)79-35-40-12-6-2-7-13-40)27-24-61-50(71)47-21-18-44(53(74)65-30-33-86-58(65)82)56(77)68(47)80-36-41-14-8-3-9-15-41/h1-21H,22-38H2,(H,59,69)(H,60,70)(H,61,71). The Hall–Kier alpha value is -7.73. The van der Waals surface area contributed by atoms with Gasteiger partial charge in [0.15, 0.2) is 0 Å². The third-order valence-electron chi connectivity index (χ3n) is 13.5. The van der Waals surface area contributed by atoms with E-state index in [1.54, 1.807) is 106 Å². The Labute approximate surface area is 521 Å². The van der Waals surface area contributed by atoms with Crippen LogP contribution in [0.3, 0.4) is 0 Å². The van der Waals surface area contributed by atoms with Crippen LogP contribution in [0.25, 0.3) is 0 Å². The van der Waals surface area contributed by atoms with Gasteiger partial charge in [0.1, 0.15) is 62.2 Å². The molecule has 6 heterocycles. The van der Waals surface area contributed by atoms with Gasteiger partial charge < -0.3 is 35.4 Å². The van der Waals surface area contributed by atoms with Gasteiger partial charge in [-0.1, -0.05) is 139 Å². The number of hydrogen-bond donors (Lipinski definition) is 3. The van der Waals surface area contributed by atoms with Crippen LogP contribution in [0.4, 0.5) is 0 Å². The first-order valence-corrected chi connectivity index (χ1v) is 32.2. The SMILES string of the molecule is O=C(NCCN(CCNC(=O)c1ccc(C(=O)N2CCSC2=S)c(=O)n1OCc1ccccc1)CCNC(=O)c1ccc(C(=O)N2CCSC2=S)c(=O)n1OCc1ccccc1)c1ccc(C(=O)N2CCSCSC2)c(=O)n1OCc1ccccc1. The van der Waals surface area contributed by atoms with Crippen molar-refractivity contribution in [2.45, 2.75) is 19.8 Å². The summed E-state index contributed by atoms with van der Waals surface area (Å²) in [6.45, 7) is 0.777. The highest BCUT2D eigenvalue weighted by Gasteiger charge is 2.32. The van der Waals surface area contributed by atoms with Crippen molar-refractivity contribution in [2.75, 3.05) is 87.1 Å². The molecule has 6 aromatic rings. The Morgan fingerprint density at radius 1 is 0.453 bits per heavy atom. The molecule has 22 nitrogen and oxygen atoms in total. The van der Waals surface area contributed by atoms with Crippen molar-refractivity contribution in [2.24, 2.45) is 0 Å². The van der Waals surface area contributed by atoms with Crippen molar-refractivity contribution in [1.29, 1.82) is 0 Å². The summed E-state index contributed by atoms with van der Waals surface area (Å²) in [5.41, 5.74) is -1.74. The molecular formula is C58H58N10O12S6. The van der Waals surface area contributed by atoms with Crippen molar-refractivity contribution in [3.05, 3.63) is 209 Å². The minimum Gasteiger partial charge on any atom is -0.405 e. The second-order valence-electron chi connectivity index (χ2n) is 19.2. The second-order valence-corrected chi connectivity index (χ2v) is 25.0. The zero-order valence-corrected chi connectivity index (χ0v) is 51.0. The summed E-state index contributed by atoms with van der Waals surface area (Å²) in [5, 5.41) is 9.28. The number of carbonyl (C=O) groups excluding carboxylic acids is 6. The van der Waals surface area contributed by atoms with Gasteiger partial charge in [0.2, 0.25) is 0 Å². The number of rotatable bonds is 24. The van der Waals surface area contributed by atoms with Crippen molar-refractivity contribution < 1.29 is 43.3 Å². The Morgan fingerprint density at radius 2 is 0.814 bits per heavy atom. The maximum Gasteiger partial charge on any atom is 0.296 e. The van der Waals surface area contributed by atoms with Crippen molar-refractivity contribution >= 4 is 116 Å². The van der Waals surface area contributed by atoms with E-state index in [0.717, 1.165) is 19.3 Å². The lowest BCUT2D eigenvalue weighted by molar-refractivity contribution is 0.0673. The molecule has 3 aromatic carbocycles. The maximum absolute atomic E-state index is 14.2. The molecule has 3 aliphatic rings. The van der Waals surface area contributed by atoms with Crippen LogP contribution in [0.1, 0.15) is 79.2 Å². The van der Waals surface area contributed by atoms with Crippen LogP contribution in [0, 0.1) is 0 Å². The van der Waals surface area contributed by atoms with E-state index in [-0.39, 0.29) is 92.9 Å². The molecule has 86 heavy (non-hydrogen) atoms. The minimum atomic E-state index is -0.869. The summed E-state index contributed by atoms with van der Waals surface area (Å²) >= 11 is 16.6. The van der Waals surface area contributed by atoms with Gasteiger partial charge in [-0.3, -0.25) is 57.9 Å². The van der Waals surface area contributed by atoms with E-state index in [1.165, 1.54) is 69.7 Å². The van der Waals surface area contributed by atoms with E-state index in [2.05, 4.69) is 16.0 Å². The molecule has 28 heteroatoms. The lowest BCUT2D eigenvalue weighted by atomic mass is 10.2. The van der Waals surface area contributed by atoms with E-state index < -0.39 is 52.1 Å². The first kappa shape index (κ1) is 62.8. The molecule has 0 atom stereocenters. The minimum absolute atomic E-state index is 0.0560. The van der Waals surface area contributed by atoms with Gasteiger partial charge >= 0.3 is 0 Å². The fourth-order valence-corrected chi connectivity index (χ4v) is 13.4. The Morgan fingerprint density at radius 3 is 1.16 bits per heavy atom. The number of thioether (sulfide) groups is 4. The van der Waals surface area contributed by atoms with E-state index in [9.17, 15) is 43.2 Å². The lowest BCUT2D eigenvalue weighted by Crippen LogP contribution is -2.45. The Kier molecular flexibility index (Phi) is 22.3. The monoisotopic (exact) mass is 1280 g/mol. The first-order chi connectivity index (χ1) is 41.8.